The molecule has 1 aromatic heterocycles. The van der Waals surface area contributed by atoms with Crippen LogP contribution in [0.25, 0.3) is 10.1 Å². The molecule has 6 nitrogen and oxygen atoms in total. The zero-order valence-corrected chi connectivity index (χ0v) is 17.7. The van der Waals surface area contributed by atoms with Crippen molar-refractivity contribution in [1.82, 2.24) is 15.0 Å². The van der Waals surface area contributed by atoms with E-state index in [1.807, 2.05) is 75.4 Å². The summed E-state index contributed by atoms with van der Waals surface area (Å²) in [5, 5.41) is 10.1. The van der Waals surface area contributed by atoms with Crippen LogP contribution in [0.5, 0.6) is 0 Å². The van der Waals surface area contributed by atoms with Crippen molar-refractivity contribution in [3.63, 3.8) is 0 Å². The summed E-state index contributed by atoms with van der Waals surface area (Å²) >= 11 is 1.44. The number of amides is 2. The van der Waals surface area contributed by atoms with Gasteiger partial charge >= 0.3 is 0 Å². The highest BCUT2D eigenvalue weighted by Crippen LogP contribution is 2.25. The molecule has 0 saturated heterocycles. The number of nitrogens with one attached hydrogen (secondary N) is 3. The van der Waals surface area contributed by atoms with Gasteiger partial charge in [0.05, 0.1) is 4.70 Å². The summed E-state index contributed by atoms with van der Waals surface area (Å²) < 4.78 is 5.54. The Balaban J connectivity index is 1.60. The fourth-order valence-corrected chi connectivity index (χ4v) is 3.53. The highest BCUT2D eigenvalue weighted by atomic mass is 32.1. The van der Waals surface area contributed by atoms with Gasteiger partial charge in [0.2, 0.25) is 11.8 Å². The van der Waals surface area contributed by atoms with Gasteiger partial charge in [-0.3, -0.25) is 9.59 Å². The summed E-state index contributed by atoms with van der Waals surface area (Å²) in [6.07, 6.45) is 0. The number of nitrogens with zero attached hydrogens (tertiary/aromatic N) is 1. The SMILES string of the molecule is CC(C)(C)C(=O)N[C@H](C(=O)NCCNc1nsc2ccccc12)c1ccccc1. The molecule has 7 heteroatoms. The van der Waals surface area contributed by atoms with Crippen LogP contribution >= 0.6 is 11.5 Å². The summed E-state index contributed by atoms with van der Waals surface area (Å²) in [6, 6.07) is 16.6. The number of rotatable bonds is 7. The normalized spacial score (nSPS) is 12.4. The van der Waals surface area contributed by atoms with E-state index in [1.54, 1.807) is 0 Å². The van der Waals surface area contributed by atoms with Crippen molar-refractivity contribution < 1.29 is 9.59 Å². The van der Waals surface area contributed by atoms with Gasteiger partial charge in [-0.15, -0.1) is 0 Å². The molecule has 29 heavy (non-hydrogen) atoms. The zero-order chi connectivity index (χ0) is 20.9. The molecule has 3 aromatic rings. The van der Waals surface area contributed by atoms with Crippen LogP contribution in [0.15, 0.2) is 54.6 Å². The molecule has 0 aliphatic rings. The summed E-state index contributed by atoms with van der Waals surface area (Å²) in [6.45, 7) is 6.42. The van der Waals surface area contributed by atoms with Crippen LogP contribution in [0.4, 0.5) is 5.82 Å². The van der Waals surface area contributed by atoms with Gasteiger partial charge in [-0.05, 0) is 29.2 Å². The first-order valence-electron chi connectivity index (χ1n) is 9.58. The topological polar surface area (TPSA) is 83.1 Å². The second-order valence-corrected chi connectivity index (χ2v) is 8.62. The predicted molar refractivity (Wildman–Crippen MR) is 118 cm³/mol. The number of carbonyl (C=O) groups excluding carboxylic acids is 2. The third kappa shape index (κ3) is 5.32. The van der Waals surface area contributed by atoms with Crippen molar-refractivity contribution in [3.05, 3.63) is 60.2 Å². The van der Waals surface area contributed by atoms with Crippen molar-refractivity contribution in [3.8, 4) is 0 Å². The lowest BCUT2D eigenvalue weighted by Crippen LogP contribution is -2.45. The van der Waals surface area contributed by atoms with Crippen LogP contribution in [0, 0.1) is 5.41 Å². The fraction of sp³-hybridized carbons (Fsp3) is 0.318. The quantitative estimate of drug-likeness (QED) is 0.518. The van der Waals surface area contributed by atoms with E-state index in [9.17, 15) is 9.59 Å². The van der Waals surface area contributed by atoms with Crippen molar-refractivity contribution in [1.29, 1.82) is 0 Å². The predicted octanol–water partition coefficient (Wildman–Crippen LogP) is 3.73. The molecule has 0 fully saturated rings. The van der Waals surface area contributed by atoms with Crippen LogP contribution < -0.4 is 16.0 Å². The minimum Gasteiger partial charge on any atom is -0.367 e. The number of hydrogen-bond donors (Lipinski definition) is 3. The van der Waals surface area contributed by atoms with Crippen LogP contribution in [0.3, 0.4) is 0 Å². The Bertz CT molecular complexity index is 979. The molecule has 0 saturated carbocycles. The lowest BCUT2D eigenvalue weighted by Gasteiger charge is -2.24. The van der Waals surface area contributed by atoms with Crippen molar-refractivity contribution >= 4 is 39.3 Å². The molecule has 0 aliphatic carbocycles. The Hall–Kier alpha value is -2.93. The second kappa shape index (κ2) is 9.05. The number of aromatic nitrogens is 1. The Morgan fingerprint density at radius 1 is 1.00 bits per heavy atom. The molecule has 1 atom stereocenters. The largest absolute Gasteiger partial charge is 0.367 e. The van der Waals surface area contributed by atoms with Crippen molar-refractivity contribution in [2.75, 3.05) is 18.4 Å². The molecule has 0 unspecified atom stereocenters. The van der Waals surface area contributed by atoms with Crippen LogP contribution in [-0.2, 0) is 9.59 Å². The molecule has 0 aliphatic heterocycles. The first-order valence-corrected chi connectivity index (χ1v) is 10.4. The van der Waals surface area contributed by atoms with E-state index in [0.717, 1.165) is 21.5 Å². The molecular formula is C22H26N4O2S. The Morgan fingerprint density at radius 2 is 1.69 bits per heavy atom. The number of anilines is 1. The van der Waals surface area contributed by atoms with Gasteiger partial charge in [0.25, 0.3) is 0 Å². The molecule has 2 amide bonds. The number of fused-ring (bicyclic) bond motifs is 1. The van der Waals surface area contributed by atoms with Gasteiger partial charge in [0.1, 0.15) is 11.9 Å². The van der Waals surface area contributed by atoms with E-state index >= 15 is 0 Å². The van der Waals surface area contributed by atoms with Gasteiger partial charge < -0.3 is 16.0 Å². The Labute approximate surface area is 174 Å². The summed E-state index contributed by atoms with van der Waals surface area (Å²) in [7, 11) is 0. The van der Waals surface area contributed by atoms with Crippen molar-refractivity contribution in [2.24, 2.45) is 5.41 Å². The van der Waals surface area contributed by atoms with Crippen LogP contribution in [0.2, 0.25) is 0 Å². The first-order chi connectivity index (χ1) is 13.9. The number of hydrogen-bond acceptors (Lipinski definition) is 5. The third-order valence-corrected chi connectivity index (χ3v) is 5.27. The van der Waals surface area contributed by atoms with Gasteiger partial charge in [0.15, 0.2) is 0 Å². The minimum atomic E-state index is -0.733. The van der Waals surface area contributed by atoms with E-state index < -0.39 is 11.5 Å². The molecule has 0 spiro atoms. The van der Waals surface area contributed by atoms with Gasteiger partial charge in [-0.1, -0.05) is 63.2 Å². The van der Waals surface area contributed by atoms with Crippen LogP contribution in [-0.4, -0.2) is 29.3 Å². The van der Waals surface area contributed by atoms with Crippen molar-refractivity contribution in [2.45, 2.75) is 26.8 Å². The van der Waals surface area contributed by atoms with Crippen LogP contribution in [0.1, 0.15) is 32.4 Å². The number of carbonyl (C=O) groups is 2. The van der Waals surface area contributed by atoms with E-state index in [2.05, 4.69) is 20.3 Å². The van der Waals surface area contributed by atoms with E-state index in [-0.39, 0.29) is 11.8 Å². The molecule has 152 valence electrons. The maximum atomic E-state index is 12.8. The standard InChI is InChI=1S/C22H26N4O2S/c1-22(2,3)21(28)25-18(15-9-5-4-6-10-15)20(27)24-14-13-23-19-16-11-7-8-12-17(16)29-26-19/h4-12,18H,13-14H2,1-3H3,(H,23,26)(H,24,27)(H,25,28)/t18-/m0/s1. The minimum absolute atomic E-state index is 0.173. The maximum absolute atomic E-state index is 12.8. The van der Waals surface area contributed by atoms with E-state index in [4.69, 9.17) is 0 Å². The van der Waals surface area contributed by atoms with Gasteiger partial charge in [-0.25, -0.2) is 0 Å². The highest BCUT2D eigenvalue weighted by molar-refractivity contribution is 7.13. The molecule has 0 bridgehead atoms. The van der Waals surface area contributed by atoms with E-state index in [0.29, 0.717) is 13.1 Å². The fourth-order valence-electron chi connectivity index (χ4n) is 2.78. The lowest BCUT2D eigenvalue weighted by atomic mass is 9.94. The molecular weight excluding hydrogens is 384 g/mol. The maximum Gasteiger partial charge on any atom is 0.247 e. The number of benzene rings is 2. The molecule has 1 heterocycles. The summed E-state index contributed by atoms with van der Waals surface area (Å²) in [4.78, 5) is 25.3. The zero-order valence-electron chi connectivity index (χ0n) is 16.9. The lowest BCUT2D eigenvalue weighted by molar-refractivity contribution is -0.133. The first kappa shape index (κ1) is 20.8. The summed E-state index contributed by atoms with van der Waals surface area (Å²) in [5.41, 5.74) is 0.168. The monoisotopic (exact) mass is 410 g/mol. The van der Waals surface area contributed by atoms with E-state index in [1.165, 1.54) is 11.5 Å². The smallest absolute Gasteiger partial charge is 0.247 e. The summed E-state index contributed by atoms with van der Waals surface area (Å²) in [5.74, 6) is 0.410. The highest BCUT2D eigenvalue weighted by Gasteiger charge is 2.28. The molecule has 0 radical (unpaired) electrons. The van der Waals surface area contributed by atoms with Gasteiger partial charge in [-0.2, -0.15) is 4.37 Å². The Morgan fingerprint density at radius 3 is 2.41 bits per heavy atom. The third-order valence-electron chi connectivity index (χ3n) is 4.45. The average molecular weight is 411 g/mol. The molecule has 3 N–H and O–H groups in total. The average Bonchev–Trinajstić information content (AvgIpc) is 3.12. The second-order valence-electron chi connectivity index (χ2n) is 7.81. The molecule has 2 aromatic carbocycles. The molecule has 3 rings (SSSR count). The Kier molecular flexibility index (Phi) is 6.49. The van der Waals surface area contributed by atoms with Gasteiger partial charge in [0, 0.05) is 23.9 Å².